The summed E-state index contributed by atoms with van der Waals surface area (Å²) in [6, 6.07) is 18.2. The van der Waals surface area contributed by atoms with Crippen LogP contribution < -0.4 is 0 Å². The van der Waals surface area contributed by atoms with Crippen molar-refractivity contribution in [2.45, 2.75) is 49.2 Å². The third-order valence-corrected chi connectivity index (χ3v) is 9.21. The van der Waals surface area contributed by atoms with E-state index in [0.29, 0.717) is 25.1 Å². The van der Waals surface area contributed by atoms with E-state index in [9.17, 15) is 9.59 Å². The number of fused-ring (bicyclic) bond motifs is 2. The Morgan fingerprint density at radius 2 is 1.20 bits per heavy atom. The Morgan fingerprint density at radius 3 is 1.63 bits per heavy atom. The number of esters is 2. The molecule has 0 amide bonds. The van der Waals surface area contributed by atoms with Crippen LogP contribution in [0.5, 0.6) is 0 Å². The van der Waals surface area contributed by atoms with Gasteiger partial charge in [0.15, 0.2) is 0 Å². The lowest BCUT2D eigenvalue weighted by molar-refractivity contribution is -0.181. The molecule has 0 radical (unpaired) electrons. The molecule has 2 aliphatic rings. The van der Waals surface area contributed by atoms with E-state index in [2.05, 4.69) is 109 Å². The molecule has 8 heteroatoms. The van der Waals surface area contributed by atoms with E-state index in [4.69, 9.17) is 9.47 Å². The summed E-state index contributed by atoms with van der Waals surface area (Å²) in [7, 11) is 2.88. The maximum atomic E-state index is 13.4. The predicted molar refractivity (Wildman–Crippen MR) is 170 cm³/mol. The number of carbonyl (C=O) groups excluding carboxylic acids is 2. The van der Waals surface area contributed by atoms with Crippen molar-refractivity contribution >= 4 is 95.6 Å². The highest BCUT2D eigenvalue weighted by atomic mass is 127. The molecule has 0 unspecified atom stereocenters. The van der Waals surface area contributed by atoms with Gasteiger partial charge in [-0.25, -0.2) is 0 Å². The van der Waals surface area contributed by atoms with Crippen molar-refractivity contribution in [1.29, 1.82) is 0 Å². The minimum Gasteiger partial charge on any atom is -0.469 e. The lowest BCUT2D eigenvalue weighted by Crippen LogP contribution is -2.65. The molecule has 2 aromatic carbocycles. The van der Waals surface area contributed by atoms with Gasteiger partial charge in [-0.3, -0.25) is 9.59 Å². The highest BCUT2D eigenvalue weighted by Crippen LogP contribution is 2.72. The van der Waals surface area contributed by atoms with Gasteiger partial charge in [-0.05, 0) is 49.3 Å². The average Bonchev–Trinajstić information content (AvgIpc) is 2.82. The minimum atomic E-state index is -0.921. The number of rotatable bonds is 4. The first kappa shape index (κ1) is 29.6. The number of carbonyl (C=O) groups is 2. The van der Waals surface area contributed by atoms with E-state index in [-0.39, 0.29) is 11.9 Å². The summed E-state index contributed by atoms with van der Waals surface area (Å²) < 4.78 is 10.2. The first-order chi connectivity index (χ1) is 16.5. The second kappa shape index (κ2) is 11.8. The summed E-state index contributed by atoms with van der Waals surface area (Å²) >= 11 is 11.1. The Labute approximate surface area is 257 Å². The fourth-order valence-electron chi connectivity index (χ4n) is 6.03. The van der Waals surface area contributed by atoms with E-state index in [1.54, 1.807) is 0 Å². The Kier molecular flexibility index (Phi) is 10.0. The van der Waals surface area contributed by atoms with Crippen LogP contribution in [0.25, 0.3) is 11.1 Å². The van der Waals surface area contributed by atoms with Gasteiger partial charge < -0.3 is 9.47 Å². The lowest BCUT2D eigenvalue weighted by atomic mass is 9.46. The van der Waals surface area contributed by atoms with Crippen LogP contribution in [-0.4, -0.2) is 25.6 Å². The SMILES string of the molecule is CC(I)(I)I.COC(=O)C12CCCC(C(=O)OC)(CCC1)C2(Br)c1ccccc1-c1ccccc1. The number of halogens is 4. The monoisotopic (exact) mass is 878 g/mol. The number of methoxy groups -OCH3 is 2. The number of ether oxygens (including phenoxy) is 2. The second-order valence-corrected chi connectivity index (χ2v) is 23.1. The molecule has 2 bridgehead atoms. The molecule has 0 spiro atoms. The van der Waals surface area contributed by atoms with Gasteiger partial charge >= 0.3 is 11.9 Å². The first-order valence-corrected chi connectivity index (χ1v) is 15.6. The molecule has 190 valence electrons. The smallest absolute Gasteiger partial charge is 0.313 e. The van der Waals surface area contributed by atoms with Crippen molar-refractivity contribution in [2.24, 2.45) is 10.8 Å². The Morgan fingerprint density at radius 1 is 0.800 bits per heavy atom. The Bertz CT molecular complexity index is 1000. The van der Waals surface area contributed by atoms with E-state index in [1.165, 1.54) is 14.2 Å². The lowest BCUT2D eigenvalue weighted by Gasteiger charge is -2.61. The molecule has 2 aliphatic carbocycles. The van der Waals surface area contributed by atoms with Crippen LogP contribution in [0, 0.1) is 10.8 Å². The van der Waals surface area contributed by atoms with Crippen LogP contribution >= 0.6 is 83.7 Å². The van der Waals surface area contributed by atoms with Crippen molar-refractivity contribution in [3.05, 3.63) is 60.2 Å². The zero-order chi connectivity index (χ0) is 25.9. The van der Waals surface area contributed by atoms with Crippen LogP contribution in [0.2, 0.25) is 0 Å². The van der Waals surface area contributed by atoms with E-state index in [1.807, 2.05) is 36.4 Å². The quantitative estimate of drug-likeness (QED) is 0.176. The van der Waals surface area contributed by atoms with E-state index in [0.717, 1.165) is 29.5 Å². The number of hydrogen-bond donors (Lipinski definition) is 0. The highest BCUT2D eigenvalue weighted by Gasteiger charge is 2.73. The maximum Gasteiger partial charge on any atom is 0.313 e. The van der Waals surface area contributed by atoms with E-state index >= 15 is 0 Å². The summed E-state index contributed by atoms with van der Waals surface area (Å²) in [5.41, 5.74) is 1.34. The third-order valence-electron chi connectivity index (χ3n) is 7.27. The summed E-state index contributed by atoms with van der Waals surface area (Å²) in [5, 5.41) is 0. The van der Waals surface area contributed by atoms with Gasteiger partial charge in [0.1, 0.15) is -0.565 Å². The molecule has 2 saturated carbocycles. The molecule has 2 aromatic rings. The second-order valence-electron chi connectivity index (χ2n) is 9.21. The van der Waals surface area contributed by atoms with Crippen molar-refractivity contribution in [3.63, 3.8) is 0 Å². The largest absolute Gasteiger partial charge is 0.469 e. The van der Waals surface area contributed by atoms with Gasteiger partial charge in [0.2, 0.25) is 0 Å². The summed E-state index contributed by atoms with van der Waals surface area (Å²) in [6.07, 6.45) is 4.26. The van der Waals surface area contributed by atoms with Crippen LogP contribution in [0.3, 0.4) is 0 Å². The van der Waals surface area contributed by atoms with Crippen LogP contribution in [-0.2, 0) is 23.4 Å². The number of benzene rings is 2. The number of hydrogen-bond acceptors (Lipinski definition) is 4. The molecule has 35 heavy (non-hydrogen) atoms. The zero-order valence-electron chi connectivity index (χ0n) is 20.1. The van der Waals surface area contributed by atoms with Gasteiger partial charge in [-0.1, -0.05) is 151 Å². The zero-order valence-corrected chi connectivity index (χ0v) is 28.1. The predicted octanol–water partition coefficient (Wildman–Crippen LogP) is 8.60. The van der Waals surface area contributed by atoms with Crippen molar-refractivity contribution in [2.75, 3.05) is 14.2 Å². The van der Waals surface area contributed by atoms with E-state index < -0.39 is 15.2 Å². The molecular formula is C27H30BrI3O4. The number of alkyl halides is 4. The third kappa shape index (κ3) is 5.60. The molecule has 0 aliphatic heterocycles. The fourth-order valence-corrected chi connectivity index (χ4v) is 7.49. The summed E-state index contributed by atoms with van der Waals surface area (Å²) in [5.74, 6) is -0.509. The molecular weight excluding hydrogens is 849 g/mol. The highest BCUT2D eigenvalue weighted by molar-refractivity contribution is 14.3. The van der Waals surface area contributed by atoms with Crippen LogP contribution in [0.15, 0.2) is 54.6 Å². The topological polar surface area (TPSA) is 52.6 Å². The summed E-state index contributed by atoms with van der Waals surface area (Å²) in [4.78, 5) is 26.8. The summed E-state index contributed by atoms with van der Waals surface area (Å²) in [6.45, 7) is 2.15. The van der Waals surface area contributed by atoms with Crippen LogP contribution in [0.1, 0.15) is 51.0 Å². The molecule has 4 rings (SSSR count). The maximum absolute atomic E-state index is 13.4. The normalized spacial score (nSPS) is 27.7. The first-order valence-electron chi connectivity index (χ1n) is 11.5. The van der Waals surface area contributed by atoms with Crippen molar-refractivity contribution < 1.29 is 19.1 Å². The van der Waals surface area contributed by atoms with Crippen molar-refractivity contribution in [3.8, 4) is 11.1 Å². The van der Waals surface area contributed by atoms with Gasteiger partial charge in [0.05, 0.1) is 29.4 Å². The van der Waals surface area contributed by atoms with Crippen LogP contribution in [0.4, 0.5) is 0 Å². The molecule has 0 aromatic heterocycles. The van der Waals surface area contributed by atoms with Gasteiger partial charge in [0.25, 0.3) is 0 Å². The molecule has 2 fully saturated rings. The van der Waals surface area contributed by atoms with Crippen molar-refractivity contribution in [1.82, 2.24) is 0 Å². The molecule has 0 heterocycles. The average molecular weight is 879 g/mol. The van der Waals surface area contributed by atoms with Gasteiger partial charge in [-0.2, -0.15) is 0 Å². The van der Waals surface area contributed by atoms with Gasteiger partial charge in [0, 0.05) is 0 Å². The molecule has 0 atom stereocenters. The Balaban J connectivity index is 0.000000623. The minimum absolute atomic E-state index is 0.255. The fraction of sp³-hybridized carbons (Fsp3) is 0.481. The molecule has 4 nitrogen and oxygen atoms in total. The molecule has 0 saturated heterocycles. The standard InChI is InChI=1S/C25H27BrO4.C2H3I3/c1-29-21(27)23-14-8-16-24(17-9-15-23,22(28)30-2)25(23,26)20-13-7-6-12-19(20)18-10-4-3-5-11-18;1-2(3,4)5/h3-7,10-13H,8-9,14-17H2,1-2H3;1H3. The Hall–Kier alpha value is 0.0500. The van der Waals surface area contributed by atoms with Gasteiger partial charge in [-0.15, -0.1) is 0 Å². The molecule has 0 N–H and O–H groups in total.